The monoisotopic (exact) mass is 312 g/mol. The Labute approximate surface area is 136 Å². The van der Waals surface area contributed by atoms with Crippen LogP contribution in [0.5, 0.6) is 5.75 Å². The number of benzene rings is 2. The van der Waals surface area contributed by atoms with Crippen molar-refractivity contribution in [2.24, 2.45) is 4.99 Å². The van der Waals surface area contributed by atoms with Gasteiger partial charge in [-0.15, -0.1) is 0 Å². The molecule has 0 unspecified atom stereocenters. The Bertz CT molecular complexity index is 721. The van der Waals surface area contributed by atoms with Crippen LogP contribution in [0.25, 0.3) is 0 Å². The molecule has 1 heterocycles. The molecular formula is C19H21FN2O. The van der Waals surface area contributed by atoms with Crippen molar-refractivity contribution in [2.45, 2.75) is 19.8 Å². The number of halogens is 1. The van der Waals surface area contributed by atoms with Gasteiger partial charge in [-0.05, 0) is 55.2 Å². The molecule has 0 N–H and O–H groups in total. The van der Waals surface area contributed by atoms with Gasteiger partial charge in [0.2, 0.25) is 0 Å². The third kappa shape index (κ3) is 3.52. The number of rotatable bonds is 4. The zero-order valence-electron chi connectivity index (χ0n) is 13.6. The summed E-state index contributed by atoms with van der Waals surface area (Å²) in [6.07, 6.45) is 3.98. The van der Waals surface area contributed by atoms with Crippen molar-refractivity contribution in [3.05, 3.63) is 53.3 Å². The molecule has 1 aliphatic rings. The summed E-state index contributed by atoms with van der Waals surface area (Å²) in [6.45, 7) is 3.87. The molecule has 1 fully saturated rings. The van der Waals surface area contributed by atoms with E-state index in [-0.39, 0.29) is 5.82 Å². The Hall–Kier alpha value is -2.36. The Morgan fingerprint density at radius 1 is 1.17 bits per heavy atom. The number of hydrogen-bond donors (Lipinski definition) is 0. The van der Waals surface area contributed by atoms with Gasteiger partial charge in [-0.2, -0.15) is 0 Å². The van der Waals surface area contributed by atoms with Gasteiger partial charge in [0.05, 0.1) is 18.5 Å². The van der Waals surface area contributed by atoms with E-state index in [9.17, 15) is 4.39 Å². The van der Waals surface area contributed by atoms with Crippen LogP contribution in [0.2, 0.25) is 0 Å². The average Bonchev–Trinajstić information content (AvgIpc) is 3.09. The lowest BCUT2D eigenvalue weighted by Gasteiger charge is -2.19. The molecule has 23 heavy (non-hydrogen) atoms. The van der Waals surface area contributed by atoms with Crippen molar-refractivity contribution < 1.29 is 9.13 Å². The van der Waals surface area contributed by atoms with E-state index in [0.717, 1.165) is 48.5 Å². The summed E-state index contributed by atoms with van der Waals surface area (Å²) < 4.78 is 19.6. The first kappa shape index (κ1) is 15.5. The second-order valence-corrected chi connectivity index (χ2v) is 5.81. The van der Waals surface area contributed by atoms with Crippen LogP contribution in [-0.4, -0.2) is 26.4 Å². The molecule has 0 aromatic heterocycles. The predicted octanol–water partition coefficient (Wildman–Crippen LogP) is 4.49. The highest BCUT2D eigenvalue weighted by Gasteiger charge is 2.17. The minimum absolute atomic E-state index is 0.176. The third-order valence-corrected chi connectivity index (χ3v) is 4.19. The number of aliphatic imine (C=N–C) groups is 1. The fourth-order valence-electron chi connectivity index (χ4n) is 2.86. The van der Waals surface area contributed by atoms with E-state index in [1.165, 1.54) is 0 Å². The van der Waals surface area contributed by atoms with E-state index in [1.807, 2.05) is 37.3 Å². The molecule has 0 bridgehead atoms. The average molecular weight is 312 g/mol. The lowest BCUT2D eigenvalue weighted by molar-refractivity contribution is 0.415. The maximum atomic E-state index is 14.4. The molecule has 0 spiro atoms. The quantitative estimate of drug-likeness (QED) is 0.777. The highest BCUT2D eigenvalue weighted by Crippen LogP contribution is 2.27. The molecule has 120 valence electrons. The van der Waals surface area contributed by atoms with Gasteiger partial charge in [0.15, 0.2) is 0 Å². The molecule has 0 radical (unpaired) electrons. The molecule has 3 nitrogen and oxygen atoms in total. The van der Waals surface area contributed by atoms with Crippen molar-refractivity contribution in [3.8, 4) is 5.75 Å². The summed E-state index contributed by atoms with van der Waals surface area (Å²) in [5.74, 6) is 0.580. The Morgan fingerprint density at radius 2 is 1.96 bits per heavy atom. The van der Waals surface area contributed by atoms with Gasteiger partial charge in [-0.25, -0.2) is 4.39 Å². The van der Waals surface area contributed by atoms with Crippen LogP contribution in [0.15, 0.2) is 41.4 Å². The van der Waals surface area contributed by atoms with Gasteiger partial charge in [-0.3, -0.25) is 4.99 Å². The first-order valence-corrected chi connectivity index (χ1v) is 7.90. The van der Waals surface area contributed by atoms with E-state index in [1.54, 1.807) is 19.4 Å². The molecule has 0 atom stereocenters. The highest BCUT2D eigenvalue weighted by atomic mass is 19.1. The molecular weight excluding hydrogens is 291 g/mol. The van der Waals surface area contributed by atoms with Crippen molar-refractivity contribution in [3.63, 3.8) is 0 Å². The topological polar surface area (TPSA) is 24.8 Å². The molecule has 1 saturated heterocycles. The lowest BCUT2D eigenvalue weighted by atomic mass is 10.1. The normalized spacial score (nSPS) is 14.7. The summed E-state index contributed by atoms with van der Waals surface area (Å²) in [5, 5.41) is 0. The van der Waals surface area contributed by atoms with Crippen LogP contribution in [0.3, 0.4) is 0 Å². The molecule has 0 saturated carbocycles. The van der Waals surface area contributed by atoms with Gasteiger partial charge in [0.25, 0.3) is 0 Å². The van der Waals surface area contributed by atoms with Gasteiger partial charge in [-0.1, -0.05) is 6.07 Å². The van der Waals surface area contributed by atoms with Crippen molar-refractivity contribution >= 4 is 17.6 Å². The maximum absolute atomic E-state index is 14.4. The molecule has 2 aromatic carbocycles. The SMILES string of the molecule is COc1cccc(N=Cc2cc(F)c(N3CCCC3)cc2C)c1. The summed E-state index contributed by atoms with van der Waals surface area (Å²) in [4.78, 5) is 6.55. The van der Waals surface area contributed by atoms with Crippen molar-refractivity contribution in [1.82, 2.24) is 0 Å². The Kier molecular flexibility index (Phi) is 4.60. The Morgan fingerprint density at radius 3 is 2.70 bits per heavy atom. The fraction of sp³-hybridized carbons (Fsp3) is 0.316. The van der Waals surface area contributed by atoms with Gasteiger partial charge >= 0.3 is 0 Å². The molecule has 1 aliphatic heterocycles. The smallest absolute Gasteiger partial charge is 0.147 e. The summed E-state index contributed by atoms with van der Waals surface area (Å²) in [6, 6.07) is 11.0. The molecule has 4 heteroatoms. The van der Waals surface area contributed by atoms with E-state index in [2.05, 4.69) is 9.89 Å². The molecule has 0 amide bonds. The summed E-state index contributed by atoms with van der Waals surface area (Å²) >= 11 is 0. The number of ether oxygens (including phenoxy) is 1. The number of methoxy groups -OCH3 is 1. The standard InChI is InChI=1S/C19H21FN2O/c1-14-10-19(22-8-3-4-9-22)18(20)11-15(14)13-21-16-6-5-7-17(12-16)23-2/h5-7,10-13H,3-4,8-9H2,1-2H3. The number of nitrogens with zero attached hydrogens (tertiary/aromatic N) is 2. The Balaban J connectivity index is 1.85. The maximum Gasteiger partial charge on any atom is 0.147 e. The molecule has 0 aliphatic carbocycles. The van der Waals surface area contributed by atoms with E-state index >= 15 is 0 Å². The molecule has 2 aromatic rings. The number of hydrogen-bond acceptors (Lipinski definition) is 3. The predicted molar refractivity (Wildman–Crippen MR) is 92.8 cm³/mol. The van der Waals surface area contributed by atoms with E-state index in [0.29, 0.717) is 5.69 Å². The first-order valence-electron chi connectivity index (χ1n) is 7.90. The minimum atomic E-state index is -0.176. The number of aryl methyl sites for hydroxylation is 1. The summed E-state index contributed by atoms with van der Waals surface area (Å²) in [7, 11) is 1.62. The van der Waals surface area contributed by atoms with Crippen LogP contribution < -0.4 is 9.64 Å². The van der Waals surface area contributed by atoms with Gasteiger partial charge in [0.1, 0.15) is 11.6 Å². The lowest BCUT2D eigenvalue weighted by Crippen LogP contribution is -2.19. The van der Waals surface area contributed by atoms with Gasteiger partial charge < -0.3 is 9.64 Å². The second kappa shape index (κ2) is 6.82. The third-order valence-electron chi connectivity index (χ3n) is 4.19. The van der Waals surface area contributed by atoms with Crippen LogP contribution in [0, 0.1) is 12.7 Å². The van der Waals surface area contributed by atoms with Crippen LogP contribution >= 0.6 is 0 Å². The van der Waals surface area contributed by atoms with Crippen LogP contribution in [0.4, 0.5) is 15.8 Å². The van der Waals surface area contributed by atoms with E-state index < -0.39 is 0 Å². The zero-order chi connectivity index (χ0) is 16.2. The largest absolute Gasteiger partial charge is 0.497 e. The fourth-order valence-corrected chi connectivity index (χ4v) is 2.86. The summed E-state index contributed by atoms with van der Waals surface area (Å²) in [5.41, 5.74) is 3.32. The highest BCUT2D eigenvalue weighted by molar-refractivity contribution is 5.85. The van der Waals surface area contributed by atoms with Crippen LogP contribution in [-0.2, 0) is 0 Å². The zero-order valence-corrected chi connectivity index (χ0v) is 13.6. The second-order valence-electron chi connectivity index (χ2n) is 5.81. The first-order chi connectivity index (χ1) is 11.2. The number of anilines is 1. The minimum Gasteiger partial charge on any atom is -0.497 e. The van der Waals surface area contributed by atoms with E-state index in [4.69, 9.17) is 4.74 Å². The van der Waals surface area contributed by atoms with Crippen molar-refractivity contribution in [1.29, 1.82) is 0 Å². The van der Waals surface area contributed by atoms with Crippen molar-refractivity contribution in [2.75, 3.05) is 25.1 Å². The molecule has 3 rings (SSSR count). The van der Waals surface area contributed by atoms with Crippen LogP contribution in [0.1, 0.15) is 24.0 Å². The van der Waals surface area contributed by atoms with Gasteiger partial charge in [0, 0.05) is 25.4 Å².